The normalized spacial score (nSPS) is 13.5. The number of rotatable bonds is 8. The Bertz CT molecular complexity index is 832. The first-order valence-electron chi connectivity index (χ1n) is 10.2. The van der Waals surface area contributed by atoms with Gasteiger partial charge in [-0.25, -0.2) is 9.78 Å². The van der Waals surface area contributed by atoms with Crippen LogP contribution in [0.3, 0.4) is 0 Å². The molecule has 0 saturated carbocycles. The van der Waals surface area contributed by atoms with Crippen LogP contribution in [0.4, 0.5) is 22.2 Å². The lowest BCUT2D eigenvalue weighted by molar-refractivity contribution is 0.252. The first-order valence-corrected chi connectivity index (χ1v) is 10.2. The molecule has 0 atom stereocenters. The molecule has 2 aromatic rings. The van der Waals surface area contributed by atoms with Gasteiger partial charge in [0.1, 0.15) is 17.3 Å². The Morgan fingerprint density at radius 1 is 1.00 bits per heavy atom. The van der Waals surface area contributed by atoms with Crippen molar-refractivity contribution in [3.05, 3.63) is 30.0 Å². The first-order chi connectivity index (χ1) is 14.6. The largest absolute Gasteiger partial charge is 0.497 e. The molecule has 1 aromatic heterocycles. The number of urea groups is 1. The lowest BCUT2D eigenvalue weighted by Crippen LogP contribution is -2.33. The summed E-state index contributed by atoms with van der Waals surface area (Å²) in [5.41, 5.74) is 1.51. The molecule has 1 fully saturated rings. The van der Waals surface area contributed by atoms with Gasteiger partial charge in [-0.2, -0.15) is 4.98 Å². The first kappa shape index (κ1) is 21.5. The number of carbonyl (C=O) groups excluding carboxylic acids is 1. The van der Waals surface area contributed by atoms with E-state index in [1.165, 1.54) is 19.3 Å². The highest BCUT2D eigenvalue weighted by atomic mass is 16.5. The van der Waals surface area contributed by atoms with Crippen molar-refractivity contribution in [3.63, 3.8) is 0 Å². The van der Waals surface area contributed by atoms with Crippen molar-refractivity contribution < 1.29 is 14.3 Å². The molecule has 1 aliphatic heterocycles. The minimum Gasteiger partial charge on any atom is -0.497 e. The van der Waals surface area contributed by atoms with Crippen molar-refractivity contribution >= 4 is 23.5 Å². The van der Waals surface area contributed by atoms with Crippen molar-refractivity contribution in [1.82, 2.24) is 15.3 Å². The molecule has 1 aliphatic rings. The number of nitrogens with one attached hydrogen (secondary N) is 3. The molecule has 1 aromatic carbocycles. The monoisotopic (exact) mass is 414 g/mol. The van der Waals surface area contributed by atoms with Crippen LogP contribution in [0.25, 0.3) is 0 Å². The molecule has 0 spiro atoms. The van der Waals surface area contributed by atoms with Gasteiger partial charge in [0.15, 0.2) is 0 Å². The predicted octanol–water partition coefficient (Wildman–Crippen LogP) is 3.03. The number of nitrogens with zero attached hydrogens (tertiary/aromatic N) is 3. The Hall–Kier alpha value is -3.23. The molecule has 30 heavy (non-hydrogen) atoms. The summed E-state index contributed by atoms with van der Waals surface area (Å²) in [6.07, 6.45) is 3.68. The number of hydrogen-bond donors (Lipinski definition) is 3. The average molecular weight is 415 g/mol. The van der Waals surface area contributed by atoms with Gasteiger partial charge in [0.05, 0.1) is 14.2 Å². The van der Waals surface area contributed by atoms with Crippen LogP contribution in [0.15, 0.2) is 24.3 Å². The molecule has 2 amide bonds. The fourth-order valence-electron chi connectivity index (χ4n) is 3.32. The number of methoxy groups -OCH3 is 2. The van der Waals surface area contributed by atoms with Gasteiger partial charge in [0.25, 0.3) is 0 Å². The minimum absolute atomic E-state index is 0.314. The van der Waals surface area contributed by atoms with E-state index in [1.807, 2.05) is 13.0 Å². The van der Waals surface area contributed by atoms with Crippen molar-refractivity contribution in [2.45, 2.75) is 26.2 Å². The fourth-order valence-corrected chi connectivity index (χ4v) is 3.32. The maximum Gasteiger partial charge on any atom is 0.319 e. The Kier molecular flexibility index (Phi) is 7.53. The molecule has 162 valence electrons. The number of carbonyl (C=O) groups is 1. The van der Waals surface area contributed by atoms with E-state index in [2.05, 4.69) is 30.8 Å². The van der Waals surface area contributed by atoms with Crippen LogP contribution in [-0.2, 0) is 0 Å². The highest BCUT2D eigenvalue weighted by Crippen LogP contribution is 2.25. The highest BCUT2D eigenvalue weighted by Gasteiger charge is 2.14. The van der Waals surface area contributed by atoms with Crippen LogP contribution in [0.1, 0.15) is 25.0 Å². The van der Waals surface area contributed by atoms with E-state index < -0.39 is 0 Å². The summed E-state index contributed by atoms with van der Waals surface area (Å²) in [7, 11) is 3.13. The molecule has 3 rings (SSSR count). The van der Waals surface area contributed by atoms with Crippen molar-refractivity contribution in [2.24, 2.45) is 0 Å². The molecule has 9 nitrogen and oxygen atoms in total. The molecular weight excluding hydrogens is 384 g/mol. The standard InChI is InChI=1S/C21H30N6O3/c1-15-11-19(27-9-5-4-6-10-27)26-20(24-15)22-7-8-23-21(28)25-16-12-17(29-2)14-18(13-16)30-3/h11-14H,4-10H2,1-3H3,(H,22,24,26)(H2,23,25,28). The van der Waals surface area contributed by atoms with Gasteiger partial charge in [-0.3, -0.25) is 0 Å². The van der Waals surface area contributed by atoms with Gasteiger partial charge in [-0.1, -0.05) is 0 Å². The van der Waals surface area contributed by atoms with Gasteiger partial charge in [-0.15, -0.1) is 0 Å². The quantitative estimate of drug-likeness (QED) is 0.571. The maximum atomic E-state index is 12.2. The van der Waals surface area contributed by atoms with E-state index in [4.69, 9.17) is 9.47 Å². The van der Waals surface area contributed by atoms with Gasteiger partial charge in [0.2, 0.25) is 5.95 Å². The van der Waals surface area contributed by atoms with E-state index in [0.717, 1.165) is 24.6 Å². The number of amides is 2. The zero-order valence-corrected chi connectivity index (χ0v) is 17.8. The van der Waals surface area contributed by atoms with Crippen LogP contribution >= 0.6 is 0 Å². The maximum absolute atomic E-state index is 12.2. The predicted molar refractivity (Wildman–Crippen MR) is 118 cm³/mol. The molecular formula is C21H30N6O3. The minimum atomic E-state index is -0.314. The lowest BCUT2D eigenvalue weighted by atomic mass is 10.1. The van der Waals surface area contributed by atoms with Crippen LogP contribution in [-0.4, -0.2) is 56.4 Å². The Morgan fingerprint density at radius 2 is 1.70 bits per heavy atom. The van der Waals surface area contributed by atoms with Gasteiger partial charge < -0.3 is 30.3 Å². The summed E-state index contributed by atoms with van der Waals surface area (Å²) in [5, 5.41) is 8.77. The van der Waals surface area contributed by atoms with E-state index in [0.29, 0.717) is 36.2 Å². The van der Waals surface area contributed by atoms with E-state index >= 15 is 0 Å². The summed E-state index contributed by atoms with van der Waals surface area (Å²) >= 11 is 0. The fraction of sp³-hybridized carbons (Fsp3) is 0.476. The molecule has 0 radical (unpaired) electrons. The second-order valence-electron chi connectivity index (χ2n) is 7.15. The number of ether oxygens (including phenoxy) is 2. The summed E-state index contributed by atoms with van der Waals surface area (Å²) in [6.45, 7) is 4.97. The van der Waals surface area contributed by atoms with Crippen LogP contribution < -0.4 is 30.3 Å². The second-order valence-corrected chi connectivity index (χ2v) is 7.15. The van der Waals surface area contributed by atoms with Gasteiger partial charge in [0, 0.05) is 61.8 Å². The van der Waals surface area contributed by atoms with Crippen molar-refractivity contribution in [3.8, 4) is 11.5 Å². The Morgan fingerprint density at radius 3 is 2.37 bits per heavy atom. The van der Waals surface area contributed by atoms with Crippen LogP contribution in [0.2, 0.25) is 0 Å². The van der Waals surface area contributed by atoms with Crippen LogP contribution in [0, 0.1) is 6.92 Å². The molecule has 0 bridgehead atoms. The Balaban J connectivity index is 1.48. The number of benzene rings is 1. The summed E-state index contributed by atoms with van der Waals surface area (Å²) in [6, 6.07) is 6.90. The second kappa shape index (κ2) is 10.5. The highest BCUT2D eigenvalue weighted by molar-refractivity contribution is 5.89. The Labute approximate surface area is 177 Å². The van der Waals surface area contributed by atoms with Crippen LogP contribution in [0.5, 0.6) is 11.5 Å². The molecule has 3 N–H and O–H groups in total. The third kappa shape index (κ3) is 6.13. The topological polar surface area (TPSA) is 101 Å². The summed E-state index contributed by atoms with van der Waals surface area (Å²) in [5.74, 6) is 2.75. The number of hydrogen-bond acceptors (Lipinski definition) is 7. The molecule has 1 saturated heterocycles. The third-order valence-corrected chi connectivity index (χ3v) is 4.82. The van der Waals surface area contributed by atoms with E-state index in [-0.39, 0.29) is 6.03 Å². The van der Waals surface area contributed by atoms with E-state index in [9.17, 15) is 4.79 Å². The van der Waals surface area contributed by atoms with Gasteiger partial charge in [-0.05, 0) is 26.2 Å². The average Bonchev–Trinajstić information content (AvgIpc) is 2.76. The van der Waals surface area contributed by atoms with Gasteiger partial charge >= 0.3 is 6.03 Å². The molecule has 0 aliphatic carbocycles. The zero-order valence-electron chi connectivity index (χ0n) is 17.8. The summed E-state index contributed by atoms with van der Waals surface area (Å²) in [4.78, 5) is 23.5. The lowest BCUT2D eigenvalue weighted by Gasteiger charge is -2.28. The number of aryl methyl sites for hydroxylation is 1. The third-order valence-electron chi connectivity index (χ3n) is 4.82. The number of piperidine rings is 1. The van der Waals surface area contributed by atoms with Crippen molar-refractivity contribution in [2.75, 3.05) is 55.9 Å². The van der Waals surface area contributed by atoms with Crippen molar-refractivity contribution in [1.29, 1.82) is 0 Å². The number of anilines is 3. The number of aromatic nitrogens is 2. The smallest absolute Gasteiger partial charge is 0.319 e. The molecule has 9 heteroatoms. The molecule has 0 unspecified atom stereocenters. The molecule has 2 heterocycles. The zero-order chi connectivity index (χ0) is 21.3. The SMILES string of the molecule is COc1cc(NC(=O)NCCNc2nc(C)cc(N3CCCCC3)n2)cc(OC)c1. The van der Waals surface area contributed by atoms with E-state index in [1.54, 1.807) is 32.4 Å². The summed E-state index contributed by atoms with van der Waals surface area (Å²) < 4.78 is 10.4.